The Hall–Kier alpha value is -1.17. The normalized spacial score (nSPS) is 12.5. The molecular weight excluding hydrogens is 278 g/mol. The Morgan fingerprint density at radius 3 is 2.84 bits per heavy atom. The Bertz CT molecular complexity index is 519. The Labute approximate surface area is 120 Å². The lowest BCUT2D eigenvalue weighted by Crippen LogP contribution is -2.20. The van der Waals surface area contributed by atoms with E-state index in [1.807, 2.05) is 11.4 Å². The third kappa shape index (κ3) is 3.65. The molecule has 0 saturated heterocycles. The molecule has 1 unspecified atom stereocenters. The third-order valence-corrected chi connectivity index (χ3v) is 4.87. The molecule has 2 heterocycles. The zero-order valence-corrected chi connectivity index (χ0v) is 12.4. The van der Waals surface area contributed by atoms with Gasteiger partial charge in [0.05, 0.1) is 0 Å². The molecule has 5 heteroatoms. The molecule has 102 valence electrons. The van der Waals surface area contributed by atoms with Crippen LogP contribution in [-0.2, 0) is 6.54 Å². The van der Waals surface area contributed by atoms with Crippen LogP contribution >= 0.6 is 22.7 Å². The van der Waals surface area contributed by atoms with Gasteiger partial charge < -0.3 is 10.4 Å². The van der Waals surface area contributed by atoms with Gasteiger partial charge in [-0.25, -0.2) is 4.79 Å². The van der Waals surface area contributed by atoms with Crippen LogP contribution in [0.5, 0.6) is 0 Å². The summed E-state index contributed by atoms with van der Waals surface area (Å²) in [7, 11) is 0. The van der Waals surface area contributed by atoms with Crippen LogP contribution in [0.25, 0.3) is 0 Å². The van der Waals surface area contributed by atoms with Crippen molar-refractivity contribution < 1.29 is 9.90 Å². The van der Waals surface area contributed by atoms with Gasteiger partial charge in [0.2, 0.25) is 0 Å². The summed E-state index contributed by atoms with van der Waals surface area (Å²) in [6, 6.07) is 6.38. The van der Waals surface area contributed by atoms with Crippen molar-refractivity contribution >= 4 is 28.6 Å². The minimum atomic E-state index is -0.838. The van der Waals surface area contributed by atoms with E-state index in [2.05, 4.69) is 29.8 Å². The third-order valence-electron chi connectivity index (χ3n) is 2.94. The van der Waals surface area contributed by atoms with Crippen molar-refractivity contribution in [3.63, 3.8) is 0 Å². The van der Waals surface area contributed by atoms with Crippen LogP contribution in [0, 0.1) is 0 Å². The second kappa shape index (κ2) is 6.84. The Kier molecular flexibility index (Phi) is 5.13. The standard InChI is InChI=1S/C14H17NO2S2/c1-2-4-11(12-5-3-7-18-12)15-9-10-6-8-19-13(10)14(16)17/h3,5-8,11,15H,2,4,9H2,1H3,(H,16,17). The fraction of sp³-hybridized carbons (Fsp3) is 0.357. The van der Waals surface area contributed by atoms with Crippen molar-refractivity contribution in [2.24, 2.45) is 0 Å². The summed E-state index contributed by atoms with van der Waals surface area (Å²) in [5.41, 5.74) is 0.871. The molecule has 19 heavy (non-hydrogen) atoms. The van der Waals surface area contributed by atoms with Crippen LogP contribution in [-0.4, -0.2) is 11.1 Å². The lowest BCUT2D eigenvalue weighted by molar-refractivity contribution is 0.0701. The molecule has 2 N–H and O–H groups in total. The number of carboxylic acid groups (broad SMARTS) is 1. The van der Waals surface area contributed by atoms with Gasteiger partial charge in [-0.3, -0.25) is 0 Å². The summed E-state index contributed by atoms with van der Waals surface area (Å²) in [4.78, 5) is 12.8. The first kappa shape index (κ1) is 14.2. The molecule has 0 aliphatic heterocycles. The summed E-state index contributed by atoms with van der Waals surface area (Å²) in [6.07, 6.45) is 2.16. The van der Waals surface area contributed by atoms with E-state index in [0.29, 0.717) is 17.5 Å². The Morgan fingerprint density at radius 2 is 2.21 bits per heavy atom. The average molecular weight is 295 g/mol. The van der Waals surface area contributed by atoms with Crippen LogP contribution < -0.4 is 5.32 Å². The molecule has 0 saturated carbocycles. The fourth-order valence-corrected chi connectivity index (χ4v) is 3.62. The highest BCUT2D eigenvalue weighted by Crippen LogP contribution is 2.24. The molecule has 0 amide bonds. The number of nitrogens with one attached hydrogen (secondary N) is 1. The highest BCUT2D eigenvalue weighted by Gasteiger charge is 2.15. The van der Waals surface area contributed by atoms with Gasteiger partial charge in [-0.2, -0.15) is 0 Å². The number of carbonyl (C=O) groups is 1. The first-order valence-electron chi connectivity index (χ1n) is 6.28. The van der Waals surface area contributed by atoms with E-state index in [4.69, 9.17) is 5.11 Å². The monoisotopic (exact) mass is 295 g/mol. The van der Waals surface area contributed by atoms with Gasteiger partial charge in [-0.15, -0.1) is 22.7 Å². The number of carboxylic acids is 1. The smallest absolute Gasteiger partial charge is 0.346 e. The molecule has 2 aromatic heterocycles. The maximum Gasteiger partial charge on any atom is 0.346 e. The van der Waals surface area contributed by atoms with E-state index in [9.17, 15) is 4.79 Å². The van der Waals surface area contributed by atoms with Crippen molar-refractivity contribution in [3.8, 4) is 0 Å². The summed E-state index contributed by atoms with van der Waals surface area (Å²) >= 11 is 3.03. The lowest BCUT2D eigenvalue weighted by Gasteiger charge is -2.16. The van der Waals surface area contributed by atoms with Crippen LogP contribution in [0.1, 0.15) is 45.9 Å². The van der Waals surface area contributed by atoms with E-state index in [0.717, 1.165) is 18.4 Å². The van der Waals surface area contributed by atoms with Gasteiger partial charge in [0, 0.05) is 17.5 Å². The molecule has 3 nitrogen and oxygen atoms in total. The summed E-state index contributed by atoms with van der Waals surface area (Å²) in [5, 5.41) is 16.5. The van der Waals surface area contributed by atoms with E-state index in [1.54, 1.807) is 11.3 Å². The molecule has 2 rings (SSSR count). The predicted octanol–water partition coefficient (Wildman–Crippen LogP) is 4.14. The Balaban J connectivity index is 2.03. The van der Waals surface area contributed by atoms with Crippen LogP contribution in [0.4, 0.5) is 0 Å². The van der Waals surface area contributed by atoms with Crippen molar-refractivity contribution in [1.82, 2.24) is 5.32 Å². The molecule has 0 radical (unpaired) electrons. The van der Waals surface area contributed by atoms with E-state index in [-0.39, 0.29) is 0 Å². The van der Waals surface area contributed by atoms with Crippen molar-refractivity contribution in [2.45, 2.75) is 32.4 Å². The minimum absolute atomic E-state index is 0.312. The molecule has 0 aromatic carbocycles. The first-order valence-corrected chi connectivity index (χ1v) is 8.04. The predicted molar refractivity (Wildman–Crippen MR) is 80.1 cm³/mol. The topological polar surface area (TPSA) is 49.3 Å². The number of aromatic carboxylic acids is 1. The minimum Gasteiger partial charge on any atom is -0.477 e. The van der Waals surface area contributed by atoms with Crippen LogP contribution in [0.2, 0.25) is 0 Å². The van der Waals surface area contributed by atoms with Crippen LogP contribution in [0.15, 0.2) is 29.0 Å². The molecule has 0 fully saturated rings. The van der Waals surface area contributed by atoms with Crippen LogP contribution in [0.3, 0.4) is 0 Å². The molecule has 0 aliphatic rings. The van der Waals surface area contributed by atoms with E-state index < -0.39 is 5.97 Å². The van der Waals surface area contributed by atoms with Crippen molar-refractivity contribution in [1.29, 1.82) is 0 Å². The second-order valence-electron chi connectivity index (χ2n) is 4.32. The fourth-order valence-electron chi connectivity index (χ4n) is 2.02. The zero-order chi connectivity index (χ0) is 13.7. The number of hydrogen-bond acceptors (Lipinski definition) is 4. The van der Waals surface area contributed by atoms with E-state index >= 15 is 0 Å². The zero-order valence-electron chi connectivity index (χ0n) is 10.8. The first-order chi connectivity index (χ1) is 9.22. The number of rotatable bonds is 7. The lowest BCUT2D eigenvalue weighted by atomic mass is 10.1. The van der Waals surface area contributed by atoms with E-state index in [1.165, 1.54) is 16.2 Å². The number of thiophene rings is 2. The molecule has 0 spiro atoms. The van der Waals surface area contributed by atoms with Gasteiger partial charge in [-0.1, -0.05) is 19.4 Å². The molecule has 0 aliphatic carbocycles. The van der Waals surface area contributed by atoms with Gasteiger partial charge >= 0.3 is 5.97 Å². The van der Waals surface area contributed by atoms with Gasteiger partial charge in [0.15, 0.2) is 0 Å². The highest BCUT2D eigenvalue weighted by molar-refractivity contribution is 7.12. The summed E-state index contributed by atoms with van der Waals surface area (Å²) < 4.78 is 0. The van der Waals surface area contributed by atoms with Crippen molar-refractivity contribution in [3.05, 3.63) is 44.3 Å². The molecule has 1 atom stereocenters. The maximum atomic E-state index is 11.1. The van der Waals surface area contributed by atoms with Gasteiger partial charge in [0.25, 0.3) is 0 Å². The summed E-state index contributed by atoms with van der Waals surface area (Å²) in [6.45, 7) is 2.77. The largest absolute Gasteiger partial charge is 0.477 e. The molecule has 2 aromatic rings. The molecular formula is C14H17NO2S2. The maximum absolute atomic E-state index is 11.1. The van der Waals surface area contributed by atoms with Gasteiger partial charge in [0.1, 0.15) is 4.88 Å². The Morgan fingerprint density at radius 1 is 1.37 bits per heavy atom. The van der Waals surface area contributed by atoms with Crippen molar-refractivity contribution in [2.75, 3.05) is 0 Å². The van der Waals surface area contributed by atoms with Gasteiger partial charge in [-0.05, 0) is 34.9 Å². The molecule has 0 bridgehead atoms. The average Bonchev–Trinajstić information content (AvgIpc) is 3.05. The highest BCUT2D eigenvalue weighted by atomic mass is 32.1. The SMILES string of the molecule is CCCC(NCc1ccsc1C(=O)O)c1cccs1. The summed E-state index contributed by atoms with van der Waals surface area (Å²) in [5.74, 6) is -0.838. The quantitative estimate of drug-likeness (QED) is 0.807. The number of hydrogen-bond donors (Lipinski definition) is 2. The second-order valence-corrected chi connectivity index (χ2v) is 6.21.